The predicted octanol–water partition coefficient (Wildman–Crippen LogP) is 5.49. The average molecular weight is 389 g/mol. The number of nitrogens with one attached hydrogen (secondary N) is 1. The molecule has 0 aromatic heterocycles. The highest BCUT2D eigenvalue weighted by Gasteiger charge is 2.31. The normalized spacial score (nSPS) is 12.5. The van der Waals surface area contributed by atoms with E-state index in [0.717, 1.165) is 34.2 Å². The summed E-state index contributed by atoms with van der Waals surface area (Å²) in [6.07, 6.45) is -4.75. The summed E-state index contributed by atoms with van der Waals surface area (Å²) in [5.41, 5.74) is 1.21. The lowest BCUT2D eigenvalue weighted by atomic mass is 9.97. The molecule has 0 aliphatic carbocycles. The molecule has 3 rings (SSSR count). The lowest BCUT2D eigenvalue weighted by Crippen LogP contribution is -2.19. The monoisotopic (exact) mass is 389 g/mol. The molecule has 1 atom stereocenters. The summed E-state index contributed by atoms with van der Waals surface area (Å²) in [6.45, 7) is 1.77. The molecule has 0 saturated heterocycles. The van der Waals surface area contributed by atoms with Crippen molar-refractivity contribution >= 4 is 22.4 Å². The van der Waals surface area contributed by atoms with Crippen molar-refractivity contribution in [2.45, 2.75) is 19.2 Å². The number of hydrogen-bond donors (Lipinski definition) is 1. The van der Waals surface area contributed by atoms with Crippen molar-refractivity contribution in [1.29, 1.82) is 0 Å². The van der Waals surface area contributed by atoms with Crippen LogP contribution >= 0.6 is 0 Å². The number of rotatable bonds is 5. The molecular formula is C21H18F3NO3. The van der Waals surface area contributed by atoms with Crippen molar-refractivity contribution in [2.75, 3.05) is 12.4 Å². The van der Waals surface area contributed by atoms with E-state index in [4.69, 9.17) is 4.74 Å². The molecule has 0 unspecified atom stereocenters. The molecule has 0 heterocycles. The molecule has 28 heavy (non-hydrogen) atoms. The standard InChI is InChI=1S/C21H18F3NO3/c1-13(14-3-4-16-12-19(27-2)8-5-15(16)11-14)20(26)25-17-6-9-18(10-7-17)28-21(22,23)24/h3-13H,1-2H3,(H,25,26)/t13-/m1/s1. The van der Waals surface area contributed by atoms with E-state index in [1.807, 2.05) is 36.4 Å². The van der Waals surface area contributed by atoms with E-state index in [9.17, 15) is 18.0 Å². The molecule has 1 amide bonds. The predicted molar refractivity (Wildman–Crippen MR) is 101 cm³/mol. The lowest BCUT2D eigenvalue weighted by Gasteiger charge is -2.14. The second kappa shape index (κ2) is 7.80. The highest BCUT2D eigenvalue weighted by atomic mass is 19.4. The number of carbonyl (C=O) groups excluding carboxylic acids is 1. The molecule has 1 N–H and O–H groups in total. The Morgan fingerprint density at radius 3 is 2.18 bits per heavy atom. The number of anilines is 1. The SMILES string of the molecule is COc1ccc2cc([C@@H](C)C(=O)Nc3ccc(OC(F)(F)F)cc3)ccc2c1. The smallest absolute Gasteiger partial charge is 0.497 e. The van der Waals surface area contributed by atoms with E-state index < -0.39 is 12.3 Å². The summed E-state index contributed by atoms with van der Waals surface area (Å²) < 4.78 is 45.6. The van der Waals surface area contributed by atoms with Crippen LogP contribution in [0.5, 0.6) is 11.5 Å². The number of carbonyl (C=O) groups is 1. The fourth-order valence-corrected chi connectivity index (χ4v) is 2.78. The third kappa shape index (κ3) is 4.73. The molecule has 0 radical (unpaired) electrons. The van der Waals surface area contributed by atoms with E-state index in [1.54, 1.807) is 14.0 Å². The molecule has 0 spiro atoms. The fraction of sp³-hybridized carbons (Fsp3) is 0.190. The molecule has 0 bridgehead atoms. The Hall–Kier alpha value is -3.22. The molecule has 3 aromatic rings. The van der Waals surface area contributed by atoms with E-state index in [2.05, 4.69) is 10.1 Å². The molecule has 146 valence electrons. The number of alkyl halides is 3. The van der Waals surface area contributed by atoms with Gasteiger partial charge in [-0.15, -0.1) is 13.2 Å². The van der Waals surface area contributed by atoms with Crippen LogP contribution in [0.15, 0.2) is 60.7 Å². The van der Waals surface area contributed by atoms with Gasteiger partial charge in [0.1, 0.15) is 11.5 Å². The molecule has 0 aliphatic heterocycles. The topological polar surface area (TPSA) is 47.6 Å². The zero-order valence-electron chi connectivity index (χ0n) is 15.2. The first-order chi connectivity index (χ1) is 13.2. The van der Waals surface area contributed by atoms with Crippen molar-refractivity contribution in [3.05, 3.63) is 66.2 Å². The van der Waals surface area contributed by atoms with E-state index in [-0.39, 0.29) is 11.7 Å². The van der Waals surface area contributed by atoms with Crippen LogP contribution in [-0.2, 0) is 4.79 Å². The summed E-state index contributed by atoms with van der Waals surface area (Å²) in [7, 11) is 1.60. The molecule has 0 fully saturated rings. The Balaban J connectivity index is 1.71. The van der Waals surface area contributed by atoms with Gasteiger partial charge >= 0.3 is 6.36 Å². The number of methoxy groups -OCH3 is 1. The summed E-state index contributed by atoms with van der Waals surface area (Å²) in [5.74, 6) is -0.303. The van der Waals surface area contributed by atoms with Crippen LogP contribution in [0.2, 0.25) is 0 Å². The number of halogens is 3. The second-order valence-electron chi connectivity index (χ2n) is 6.26. The van der Waals surface area contributed by atoms with Crippen LogP contribution in [0.25, 0.3) is 10.8 Å². The quantitative estimate of drug-likeness (QED) is 0.628. The highest BCUT2D eigenvalue weighted by Crippen LogP contribution is 2.27. The van der Waals surface area contributed by atoms with Crippen molar-refractivity contribution in [2.24, 2.45) is 0 Å². The van der Waals surface area contributed by atoms with Crippen LogP contribution in [0, 0.1) is 0 Å². The van der Waals surface area contributed by atoms with Crippen LogP contribution < -0.4 is 14.8 Å². The summed E-state index contributed by atoms with van der Waals surface area (Å²) >= 11 is 0. The summed E-state index contributed by atoms with van der Waals surface area (Å²) in [4.78, 5) is 12.5. The Kier molecular flexibility index (Phi) is 5.44. The van der Waals surface area contributed by atoms with E-state index >= 15 is 0 Å². The minimum Gasteiger partial charge on any atom is -0.497 e. The van der Waals surface area contributed by atoms with Crippen LogP contribution in [0.1, 0.15) is 18.4 Å². The molecular weight excluding hydrogens is 371 g/mol. The Labute approximate surface area is 159 Å². The fourth-order valence-electron chi connectivity index (χ4n) is 2.78. The van der Waals surface area contributed by atoms with Crippen molar-refractivity contribution in [3.8, 4) is 11.5 Å². The van der Waals surface area contributed by atoms with Gasteiger partial charge in [0.25, 0.3) is 0 Å². The molecule has 0 saturated carbocycles. The van der Waals surface area contributed by atoms with E-state index in [0.29, 0.717) is 5.69 Å². The third-order valence-electron chi connectivity index (χ3n) is 4.32. The van der Waals surface area contributed by atoms with Gasteiger partial charge in [0.15, 0.2) is 0 Å². The maximum absolute atomic E-state index is 12.5. The van der Waals surface area contributed by atoms with Crippen LogP contribution in [0.4, 0.5) is 18.9 Å². The van der Waals surface area contributed by atoms with Gasteiger partial charge < -0.3 is 14.8 Å². The van der Waals surface area contributed by atoms with Gasteiger partial charge in [-0.25, -0.2) is 0 Å². The number of amides is 1. The Bertz CT molecular complexity index is 984. The first kappa shape index (κ1) is 19.5. The van der Waals surface area contributed by atoms with Crippen molar-refractivity contribution in [1.82, 2.24) is 0 Å². The van der Waals surface area contributed by atoms with Gasteiger partial charge in [-0.3, -0.25) is 4.79 Å². The number of hydrogen-bond acceptors (Lipinski definition) is 3. The molecule has 3 aromatic carbocycles. The zero-order chi connectivity index (χ0) is 20.3. The highest BCUT2D eigenvalue weighted by molar-refractivity contribution is 5.96. The van der Waals surface area contributed by atoms with Gasteiger partial charge in [0, 0.05) is 5.69 Å². The second-order valence-corrected chi connectivity index (χ2v) is 6.26. The van der Waals surface area contributed by atoms with Crippen molar-refractivity contribution in [3.63, 3.8) is 0 Å². The zero-order valence-corrected chi connectivity index (χ0v) is 15.2. The lowest BCUT2D eigenvalue weighted by molar-refractivity contribution is -0.274. The molecule has 4 nitrogen and oxygen atoms in total. The minimum absolute atomic E-state index is 0.266. The number of ether oxygens (including phenoxy) is 2. The molecule has 7 heteroatoms. The minimum atomic E-state index is -4.75. The van der Waals surface area contributed by atoms with Crippen LogP contribution in [-0.4, -0.2) is 19.4 Å². The van der Waals surface area contributed by atoms with Gasteiger partial charge in [0.2, 0.25) is 5.91 Å². The third-order valence-corrected chi connectivity index (χ3v) is 4.32. The maximum Gasteiger partial charge on any atom is 0.573 e. The number of benzene rings is 3. The number of fused-ring (bicyclic) bond motifs is 1. The van der Waals surface area contributed by atoms with Gasteiger partial charge in [-0.1, -0.05) is 24.3 Å². The Morgan fingerprint density at radius 2 is 1.54 bits per heavy atom. The largest absolute Gasteiger partial charge is 0.573 e. The van der Waals surface area contributed by atoms with Gasteiger partial charge in [-0.2, -0.15) is 0 Å². The summed E-state index contributed by atoms with van der Waals surface area (Å²) in [5, 5.41) is 4.68. The van der Waals surface area contributed by atoms with Crippen molar-refractivity contribution < 1.29 is 27.4 Å². The Morgan fingerprint density at radius 1 is 0.929 bits per heavy atom. The average Bonchev–Trinajstić information content (AvgIpc) is 2.66. The van der Waals surface area contributed by atoms with Gasteiger partial charge in [-0.05, 0) is 59.7 Å². The molecule has 0 aliphatic rings. The van der Waals surface area contributed by atoms with Crippen LogP contribution in [0.3, 0.4) is 0 Å². The van der Waals surface area contributed by atoms with Gasteiger partial charge in [0.05, 0.1) is 13.0 Å². The van der Waals surface area contributed by atoms with E-state index in [1.165, 1.54) is 12.1 Å². The summed E-state index contributed by atoms with van der Waals surface area (Å²) in [6, 6.07) is 16.4. The maximum atomic E-state index is 12.5. The first-order valence-corrected chi connectivity index (χ1v) is 8.49. The first-order valence-electron chi connectivity index (χ1n) is 8.49.